The number of rotatable bonds is 12. The van der Waals surface area contributed by atoms with Crippen molar-refractivity contribution in [2.24, 2.45) is 17.8 Å². The third-order valence-electron chi connectivity index (χ3n) is 9.71. The van der Waals surface area contributed by atoms with Crippen molar-refractivity contribution in [1.82, 2.24) is 0 Å². The van der Waals surface area contributed by atoms with E-state index in [1.807, 2.05) is 18.2 Å². The number of esters is 1. The van der Waals surface area contributed by atoms with Gasteiger partial charge in [-0.2, -0.15) is 0 Å². The van der Waals surface area contributed by atoms with E-state index in [1.165, 1.54) is 28.8 Å². The fourth-order valence-electron chi connectivity index (χ4n) is 7.21. The van der Waals surface area contributed by atoms with Gasteiger partial charge in [-0.05, 0) is 0 Å². The molecular weight excluding hydrogens is 656 g/mol. The van der Waals surface area contributed by atoms with Gasteiger partial charge in [0.25, 0.3) is 0 Å². The van der Waals surface area contributed by atoms with Gasteiger partial charge in [0, 0.05) is 0 Å². The van der Waals surface area contributed by atoms with E-state index >= 15 is 0 Å². The molecule has 2 nitrogen and oxygen atoms in total. The molecule has 5 rings (SSSR count). The van der Waals surface area contributed by atoms with Crippen LogP contribution in [0.3, 0.4) is 0 Å². The van der Waals surface area contributed by atoms with Crippen LogP contribution in [0.5, 0.6) is 0 Å². The summed E-state index contributed by atoms with van der Waals surface area (Å²) in [5.41, 5.74) is -0.324. The molecule has 1 aliphatic rings. The molecule has 1 unspecified atom stereocenters. The van der Waals surface area contributed by atoms with Gasteiger partial charge in [0.15, 0.2) is 0 Å². The first-order chi connectivity index (χ1) is 21.7. The van der Waals surface area contributed by atoms with Gasteiger partial charge in [0.1, 0.15) is 0 Å². The Bertz CT molecular complexity index is 1440. The predicted molar refractivity (Wildman–Crippen MR) is 184 cm³/mol. The first-order valence-electron chi connectivity index (χ1n) is 16.0. The molecule has 4 aromatic carbocycles. The normalized spacial score (nSPS) is 18.5. The summed E-state index contributed by atoms with van der Waals surface area (Å²) in [4.78, 5) is 13.0. The summed E-state index contributed by atoms with van der Waals surface area (Å²) in [6.45, 7) is 2.35. The zero-order valence-corrected chi connectivity index (χ0v) is 28.2. The Kier molecular flexibility index (Phi) is 10.9. The van der Waals surface area contributed by atoms with Crippen molar-refractivity contribution >= 4 is 42.7 Å². The van der Waals surface area contributed by atoms with E-state index in [-0.39, 0.29) is 18.1 Å². The molecule has 1 atom stereocenters. The Morgan fingerprint density at radius 1 is 0.800 bits per heavy atom. The first kappa shape index (κ1) is 33.4. The van der Waals surface area contributed by atoms with Crippen LogP contribution in [0.1, 0.15) is 62.2 Å². The number of hydrogen-bond acceptors (Lipinski definition) is 2. The molecule has 1 saturated carbocycles. The standard InChI is InChI=1S/C38H41BrF3O2P/c1-2-12-28-19-21-29(22-20-28)30(27-44-38(43)31-25-35(40)37(42)36(41)26-31)23-24-45(39,32-13-6-3-7-14-32,33-15-8-4-9-16-33)34-17-10-5-11-18-34/h3-11,13-18,25-26,28-30H,2,12,19-24,27H2,1H3. The number of ether oxygens (including phenoxy) is 1. The zero-order chi connectivity index (χ0) is 31.9. The van der Waals surface area contributed by atoms with Gasteiger partial charge < -0.3 is 0 Å². The van der Waals surface area contributed by atoms with Crippen molar-refractivity contribution in [2.75, 3.05) is 12.8 Å². The Morgan fingerprint density at radius 3 is 1.71 bits per heavy atom. The molecule has 0 saturated heterocycles. The van der Waals surface area contributed by atoms with Gasteiger partial charge in [0.2, 0.25) is 0 Å². The number of carbonyl (C=O) groups excluding carboxylic acids is 1. The molecule has 45 heavy (non-hydrogen) atoms. The van der Waals surface area contributed by atoms with Crippen molar-refractivity contribution in [3.05, 3.63) is 126 Å². The van der Waals surface area contributed by atoms with E-state index in [4.69, 9.17) is 4.74 Å². The predicted octanol–water partition coefficient (Wildman–Crippen LogP) is 9.71. The second-order valence-electron chi connectivity index (χ2n) is 12.4. The SMILES string of the molecule is CCCC1CCC(C(CCP(Br)(c2ccccc2)(c2ccccc2)c2ccccc2)COC(=O)c2cc(F)c(F)c(F)c2)CC1. The molecule has 0 spiro atoms. The van der Waals surface area contributed by atoms with Gasteiger partial charge >= 0.3 is 274 Å². The third kappa shape index (κ3) is 7.08. The Balaban J connectivity index is 1.50. The first-order valence-corrected chi connectivity index (χ1v) is 20.4. The Morgan fingerprint density at radius 2 is 1.27 bits per heavy atom. The van der Waals surface area contributed by atoms with Crippen LogP contribution in [0.15, 0.2) is 103 Å². The molecule has 238 valence electrons. The van der Waals surface area contributed by atoms with Crippen LogP contribution in [0.2, 0.25) is 0 Å². The fourth-order valence-corrected chi connectivity index (χ4v) is 14.8. The summed E-state index contributed by atoms with van der Waals surface area (Å²) in [5.74, 6) is -4.16. The fraction of sp³-hybridized carbons (Fsp3) is 0.342. The molecule has 1 fully saturated rings. The molecule has 0 bridgehead atoms. The van der Waals surface area contributed by atoms with Crippen molar-refractivity contribution in [3.8, 4) is 0 Å². The minimum absolute atomic E-state index is 0.0295. The van der Waals surface area contributed by atoms with Crippen molar-refractivity contribution in [3.63, 3.8) is 0 Å². The van der Waals surface area contributed by atoms with Crippen LogP contribution in [0.4, 0.5) is 13.2 Å². The van der Waals surface area contributed by atoms with Crippen LogP contribution in [0.25, 0.3) is 0 Å². The van der Waals surface area contributed by atoms with E-state index in [0.717, 1.165) is 38.3 Å². The maximum atomic E-state index is 13.9. The zero-order valence-electron chi connectivity index (χ0n) is 25.7. The van der Waals surface area contributed by atoms with E-state index in [1.54, 1.807) is 0 Å². The molecule has 0 aromatic heterocycles. The summed E-state index contributed by atoms with van der Waals surface area (Å²) in [6.07, 6.45) is 8.34. The quantitative estimate of drug-likeness (QED) is 0.0838. The summed E-state index contributed by atoms with van der Waals surface area (Å²) in [5, 5.41) is 0.457. The number of hydrogen-bond donors (Lipinski definition) is 0. The van der Waals surface area contributed by atoms with E-state index in [0.29, 0.717) is 24.0 Å². The summed E-state index contributed by atoms with van der Waals surface area (Å²) in [7, 11) is 0. The summed E-state index contributed by atoms with van der Waals surface area (Å²) < 4.78 is 47.3. The van der Waals surface area contributed by atoms with E-state index in [9.17, 15) is 18.0 Å². The number of benzene rings is 4. The van der Waals surface area contributed by atoms with E-state index in [2.05, 4.69) is 95.2 Å². The Hall–Kier alpha value is -2.95. The maximum absolute atomic E-state index is 13.9. The average molecular weight is 698 g/mol. The van der Waals surface area contributed by atoms with Gasteiger partial charge in [-0.3, -0.25) is 0 Å². The van der Waals surface area contributed by atoms with Crippen LogP contribution >= 0.6 is 20.8 Å². The minimum atomic E-state index is -3.21. The monoisotopic (exact) mass is 696 g/mol. The van der Waals surface area contributed by atoms with Crippen molar-refractivity contribution in [2.45, 2.75) is 51.9 Å². The summed E-state index contributed by atoms with van der Waals surface area (Å²) >= 11 is 4.54. The third-order valence-corrected chi connectivity index (χ3v) is 19.7. The molecule has 0 amide bonds. The molecule has 1 aliphatic carbocycles. The van der Waals surface area contributed by atoms with Gasteiger partial charge in [-0.15, -0.1) is 0 Å². The average Bonchev–Trinajstić information content (AvgIpc) is 3.08. The van der Waals surface area contributed by atoms with E-state index < -0.39 is 28.7 Å². The van der Waals surface area contributed by atoms with Crippen LogP contribution in [0, 0.1) is 35.2 Å². The number of carbonyl (C=O) groups is 1. The number of halogens is 4. The second-order valence-corrected chi connectivity index (χ2v) is 21.4. The topological polar surface area (TPSA) is 26.3 Å². The molecular formula is C38H41BrF3O2P. The molecule has 0 heterocycles. The van der Waals surface area contributed by atoms with Gasteiger partial charge in [-0.25, -0.2) is 0 Å². The van der Waals surface area contributed by atoms with Crippen LogP contribution in [-0.2, 0) is 4.74 Å². The Labute approximate surface area is 273 Å². The molecule has 0 radical (unpaired) electrons. The van der Waals surface area contributed by atoms with Gasteiger partial charge in [-0.1, -0.05) is 0 Å². The van der Waals surface area contributed by atoms with Crippen LogP contribution in [-0.4, -0.2) is 18.7 Å². The molecule has 7 heteroatoms. The van der Waals surface area contributed by atoms with Crippen molar-refractivity contribution < 1.29 is 22.7 Å². The second kappa shape index (κ2) is 14.6. The summed E-state index contributed by atoms with van der Waals surface area (Å²) in [6, 6.07) is 33.2. The molecule has 0 N–H and O–H groups in total. The van der Waals surface area contributed by atoms with Gasteiger partial charge in [0.05, 0.1) is 0 Å². The molecule has 4 aromatic rings. The molecule has 0 aliphatic heterocycles. The van der Waals surface area contributed by atoms with Crippen LogP contribution < -0.4 is 15.9 Å². The van der Waals surface area contributed by atoms with Crippen molar-refractivity contribution in [1.29, 1.82) is 0 Å².